The molecule has 0 fully saturated rings. The maximum atomic E-state index is 11.7. The lowest BCUT2D eigenvalue weighted by molar-refractivity contribution is -0.139. The van der Waals surface area contributed by atoms with Gasteiger partial charge in [0.25, 0.3) is 0 Å². The van der Waals surface area contributed by atoms with Crippen molar-refractivity contribution in [1.29, 1.82) is 0 Å². The van der Waals surface area contributed by atoms with E-state index in [-0.39, 0.29) is 5.97 Å². The van der Waals surface area contributed by atoms with Gasteiger partial charge in [0.15, 0.2) is 0 Å². The van der Waals surface area contributed by atoms with Crippen molar-refractivity contribution >= 4 is 23.3 Å². The number of hydrogen-bond acceptors (Lipinski definition) is 5. The van der Waals surface area contributed by atoms with Crippen LogP contribution in [-0.2, 0) is 16.1 Å². The Kier molecular flexibility index (Phi) is 6.52. The van der Waals surface area contributed by atoms with E-state index < -0.39 is 12.0 Å². The van der Waals surface area contributed by atoms with Crippen LogP contribution in [0, 0.1) is 0 Å². The summed E-state index contributed by atoms with van der Waals surface area (Å²) in [6.45, 7) is 4.48. The minimum atomic E-state index is -0.894. The second-order valence-electron chi connectivity index (χ2n) is 4.25. The third-order valence-electron chi connectivity index (χ3n) is 2.57. The van der Waals surface area contributed by atoms with Crippen molar-refractivity contribution in [3.05, 3.63) is 21.9 Å². The summed E-state index contributed by atoms with van der Waals surface area (Å²) < 4.78 is 5.10. The van der Waals surface area contributed by atoms with Crippen molar-refractivity contribution < 1.29 is 19.4 Å². The van der Waals surface area contributed by atoms with Gasteiger partial charge in [-0.15, -0.1) is 11.3 Å². The molecule has 0 aromatic carbocycles. The van der Waals surface area contributed by atoms with Crippen molar-refractivity contribution in [3.63, 3.8) is 0 Å². The van der Waals surface area contributed by atoms with E-state index in [1.165, 1.54) is 11.3 Å². The molecule has 1 unspecified atom stereocenters. The zero-order valence-corrected chi connectivity index (χ0v) is 12.0. The van der Waals surface area contributed by atoms with Crippen molar-refractivity contribution in [2.24, 2.45) is 0 Å². The van der Waals surface area contributed by atoms with Gasteiger partial charge in [-0.1, -0.05) is 13.3 Å². The molecule has 0 spiro atoms. The summed E-state index contributed by atoms with van der Waals surface area (Å²) in [7, 11) is 0. The van der Waals surface area contributed by atoms with Crippen molar-refractivity contribution in [2.75, 3.05) is 6.61 Å². The topological polar surface area (TPSA) is 75.6 Å². The first-order valence-corrected chi connectivity index (χ1v) is 7.13. The third-order valence-corrected chi connectivity index (χ3v) is 3.53. The van der Waals surface area contributed by atoms with E-state index in [0.717, 1.165) is 18.4 Å². The first-order chi connectivity index (χ1) is 9.04. The molecular weight excluding hydrogens is 266 g/mol. The maximum Gasteiger partial charge on any atom is 0.348 e. The number of aliphatic carboxylic acids is 1. The van der Waals surface area contributed by atoms with Gasteiger partial charge in [0, 0.05) is 6.54 Å². The van der Waals surface area contributed by atoms with Crippen LogP contribution in [0.4, 0.5) is 0 Å². The SMILES string of the molecule is CCCCOC(=O)c1cc(CNC(C)C(=O)O)cs1. The number of carbonyl (C=O) groups excluding carboxylic acids is 1. The van der Waals surface area contributed by atoms with Gasteiger partial charge in [-0.05, 0) is 30.4 Å². The molecule has 6 heteroatoms. The van der Waals surface area contributed by atoms with Crippen LogP contribution in [0.25, 0.3) is 0 Å². The molecule has 0 aliphatic carbocycles. The Morgan fingerprint density at radius 3 is 2.89 bits per heavy atom. The average molecular weight is 285 g/mol. The van der Waals surface area contributed by atoms with Gasteiger partial charge in [0.2, 0.25) is 0 Å². The van der Waals surface area contributed by atoms with Crippen LogP contribution in [0.15, 0.2) is 11.4 Å². The van der Waals surface area contributed by atoms with Crippen molar-refractivity contribution in [2.45, 2.75) is 39.3 Å². The molecule has 1 heterocycles. The van der Waals surface area contributed by atoms with Crippen LogP contribution in [0.3, 0.4) is 0 Å². The zero-order valence-electron chi connectivity index (χ0n) is 11.1. The number of nitrogens with one attached hydrogen (secondary N) is 1. The Morgan fingerprint density at radius 2 is 2.26 bits per heavy atom. The Labute approximate surface area is 116 Å². The molecule has 0 aliphatic heterocycles. The van der Waals surface area contributed by atoms with Crippen molar-refractivity contribution in [1.82, 2.24) is 5.32 Å². The zero-order chi connectivity index (χ0) is 14.3. The van der Waals surface area contributed by atoms with E-state index in [1.54, 1.807) is 13.0 Å². The molecule has 0 saturated carbocycles. The number of carboxylic acid groups (broad SMARTS) is 1. The molecule has 1 aromatic rings. The highest BCUT2D eigenvalue weighted by molar-refractivity contribution is 7.12. The summed E-state index contributed by atoms with van der Waals surface area (Å²) in [6, 6.07) is 1.13. The lowest BCUT2D eigenvalue weighted by atomic mass is 10.2. The lowest BCUT2D eigenvalue weighted by Gasteiger charge is -2.07. The van der Waals surface area contributed by atoms with Crippen LogP contribution in [-0.4, -0.2) is 29.7 Å². The van der Waals surface area contributed by atoms with E-state index in [2.05, 4.69) is 5.32 Å². The predicted molar refractivity (Wildman–Crippen MR) is 73.4 cm³/mol. The summed E-state index contributed by atoms with van der Waals surface area (Å²) in [5.74, 6) is -1.20. The maximum absolute atomic E-state index is 11.7. The Morgan fingerprint density at radius 1 is 1.53 bits per heavy atom. The number of hydrogen-bond donors (Lipinski definition) is 2. The number of rotatable bonds is 8. The molecule has 5 nitrogen and oxygen atoms in total. The second kappa shape index (κ2) is 7.91. The molecule has 1 atom stereocenters. The number of esters is 1. The first-order valence-electron chi connectivity index (χ1n) is 6.25. The van der Waals surface area contributed by atoms with E-state index in [9.17, 15) is 9.59 Å². The normalized spacial score (nSPS) is 12.1. The fourth-order valence-electron chi connectivity index (χ4n) is 1.31. The molecule has 0 saturated heterocycles. The quantitative estimate of drug-likeness (QED) is 0.566. The molecule has 0 aliphatic rings. The molecule has 0 amide bonds. The highest BCUT2D eigenvalue weighted by Gasteiger charge is 2.13. The number of thiophene rings is 1. The third kappa shape index (κ3) is 5.40. The molecular formula is C13H19NO4S. The van der Waals surface area contributed by atoms with Gasteiger partial charge in [-0.2, -0.15) is 0 Å². The molecule has 2 N–H and O–H groups in total. The van der Waals surface area contributed by atoms with Crippen molar-refractivity contribution in [3.8, 4) is 0 Å². The van der Waals surface area contributed by atoms with Gasteiger partial charge < -0.3 is 15.2 Å². The lowest BCUT2D eigenvalue weighted by Crippen LogP contribution is -2.32. The summed E-state index contributed by atoms with van der Waals surface area (Å²) in [6.07, 6.45) is 1.85. The van der Waals surface area contributed by atoms with E-state index in [0.29, 0.717) is 18.0 Å². The average Bonchev–Trinajstić information content (AvgIpc) is 2.84. The van der Waals surface area contributed by atoms with Gasteiger partial charge in [0.1, 0.15) is 10.9 Å². The standard InChI is InChI=1S/C13H19NO4S/c1-3-4-5-18-13(17)11-6-10(8-19-11)7-14-9(2)12(15)16/h6,8-9,14H,3-5,7H2,1-2H3,(H,15,16). The summed E-state index contributed by atoms with van der Waals surface area (Å²) in [5, 5.41) is 13.4. The van der Waals surface area contributed by atoms with Crippen LogP contribution in [0.2, 0.25) is 0 Å². The summed E-state index contributed by atoms with van der Waals surface area (Å²) in [4.78, 5) is 22.9. The number of unbranched alkanes of at least 4 members (excludes halogenated alkanes) is 1. The minimum absolute atomic E-state index is 0.309. The highest BCUT2D eigenvalue weighted by Crippen LogP contribution is 2.16. The number of carbonyl (C=O) groups is 2. The number of carboxylic acids is 1. The van der Waals surface area contributed by atoms with E-state index in [1.807, 2.05) is 12.3 Å². The summed E-state index contributed by atoms with van der Waals surface area (Å²) >= 11 is 1.31. The molecule has 19 heavy (non-hydrogen) atoms. The van der Waals surface area contributed by atoms with Gasteiger partial charge in [0.05, 0.1) is 6.61 Å². The predicted octanol–water partition coefficient (Wildman–Crippen LogP) is 2.27. The second-order valence-corrected chi connectivity index (χ2v) is 5.16. The molecule has 0 bridgehead atoms. The van der Waals surface area contributed by atoms with Gasteiger partial charge >= 0.3 is 11.9 Å². The number of ether oxygens (including phenoxy) is 1. The van der Waals surface area contributed by atoms with Crippen LogP contribution in [0.5, 0.6) is 0 Å². The van der Waals surface area contributed by atoms with E-state index >= 15 is 0 Å². The van der Waals surface area contributed by atoms with E-state index in [4.69, 9.17) is 9.84 Å². The Balaban J connectivity index is 2.43. The van der Waals surface area contributed by atoms with Gasteiger partial charge in [-0.3, -0.25) is 4.79 Å². The largest absolute Gasteiger partial charge is 0.480 e. The van der Waals surface area contributed by atoms with Crippen LogP contribution < -0.4 is 5.32 Å². The molecule has 0 radical (unpaired) electrons. The van der Waals surface area contributed by atoms with Gasteiger partial charge in [-0.25, -0.2) is 4.79 Å². The fourth-order valence-corrected chi connectivity index (χ4v) is 2.12. The first kappa shape index (κ1) is 15.7. The minimum Gasteiger partial charge on any atom is -0.480 e. The summed E-state index contributed by atoms with van der Waals surface area (Å²) in [5.41, 5.74) is 0.889. The van der Waals surface area contributed by atoms with Crippen LogP contribution >= 0.6 is 11.3 Å². The highest BCUT2D eigenvalue weighted by atomic mass is 32.1. The smallest absolute Gasteiger partial charge is 0.348 e. The molecule has 1 rings (SSSR count). The molecule has 1 aromatic heterocycles. The monoisotopic (exact) mass is 285 g/mol. The fraction of sp³-hybridized carbons (Fsp3) is 0.538. The Bertz CT molecular complexity index is 430. The molecule has 106 valence electrons. The Hall–Kier alpha value is -1.40. The van der Waals surface area contributed by atoms with Crippen LogP contribution in [0.1, 0.15) is 41.9 Å².